The molecule has 0 radical (unpaired) electrons. The van der Waals surface area contributed by atoms with E-state index in [0.717, 1.165) is 0 Å². The first-order chi connectivity index (χ1) is 6.81. The molecule has 1 saturated carbocycles. The van der Waals surface area contributed by atoms with Gasteiger partial charge < -0.3 is 0 Å². The first-order valence-electron chi connectivity index (χ1n) is 4.05. The van der Waals surface area contributed by atoms with Gasteiger partial charge in [0.25, 0.3) is 5.92 Å². The highest BCUT2D eigenvalue weighted by Gasteiger charge is 2.81. The van der Waals surface area contributed by atoms with Crippen molar-refractivity contribution in [1.82, 2.24) is 0 Å². The monoisotopic (exact) mass is 288 g/mol. The van der Waals surface area contributed by atoms with E-state index in [1.807, 2.05) is 0 Å². The Labute approximate surface area is 94.6 Å². The SMILES string of the molecule is CC1(P)C(F)C(F)(F)C(F)(F)C(S)C1(F)F. The lowest BCUT2D eigenvalue weighted by Crippen LogP contribution is -2.73. The molecule has 4 atom stereocenters. The second-order valence-corrected chi connectivity index (χ2v) is 5.63. The molecule has 0 aromatic heterocycles. The van der Waals surface area contributed by atoms with Crippen LogP contribution >= 0.6 is 21.9 Å². The molecule has 4 unspecified atom stereocenters. The standard InChI is InChI=1S/C7H8F7PS/c1-4(15)2(8)5(9,10)7(13,14)3(16)6(4,11)12/h2-3,16H,15H2,1H3. The van der Waals surface area contributed by atoms with Gasteiger partial charge in [0.2, 0.25) is 0 Å². The van der Waals surface area contributed by atoms with Crippen LogP contribution in [-0.4, -0.2) is 34.3 Å². The Morgan fingerprint density at radius 1 is 0.938 bits per heavy atom. The average molecular weight is 288 g/mol. The maximum absolute atomic E-state index is 13.3. The van der Waals surface area contributed by atoms with Gasteiger partial charge in [-0.15, -0.1) is 9.24 Å². The Morgan fingerprint density at radius 3 is 1.69 bits per heavy atom. The van der Waals surface area contributed by atoms with Crippen LogP contribution in [0.4, 0.5) is 30.7 Å². The molecule has 0 bridgehead atoms. The molecule has 0 amide bonds. The highest BCUT2D eigenvalue weighted by Crippen LogP contribution is 2.61. The molecular weight excluding hydrogens is 280 g/mol. The minimum absolute atomic E-state index is 0.439. The third-order valence-corrected chi connectivity index (χ3v) is 4.02. The van der Waals surface area contributed by atoms with Gasteiger partial charge in [0.05, 0.1) is 5.16 Å². The average Bonchev–Trinajstić information content (AvgIpc) is 2.13. The number of hydrogen-bond donors (Lipinski definition) is 1. The smallest absolute Gasteiger partial charge is 0.239 e. The van der Waals surface area contributed by atoms with E-state index < -0.39 is 34.3 Å². The second kappa shape index (κ2) is 3.40. The molecule has 0 heterocycles. The zero-order valence-corrected chi connectivity index (χ0v) is 9.87. The van der Waals surface area contributed by atoms with Crippen LogP contribution in [0.2, 0.25) is 0 Å². The van der Waals surface area contributed by atoms with Gasteiger partial charge in [-0.05, 0) is 6.92 Å². The fraction of sp³-hybridized carbons (Fsp3) is 1.00. The second-order valence-electron chi connectivity index (χ2n) is 3.92. The number of thiol groups is 1. The van der Waals surface area contributed by atoms with E-state index in [1.54, 1.807) is 0 Å². The van der Waals surface area contributed by atoms with E-state index in [1.165, 1.54) is 9.24 Å². The number of halogens is 7. The molecule has 1 fully saturated rings. The molecule has 0 saturated heterocycles. The maximum atomic E-state index is 13.3. The third-order valence-electron chi connectivity index (χ3n) is 2.69. The van der Waals surface area contributed by atoms with E-state index in [9.17, 15) is 30.7 Å². The zero-order valence-electron chi connectivity index (χ0n) is 7.83. The zero-order chi connectivity index (χ0) is 13.2. The summed E-state index contributed by atoms with van der Waals surface area (Å²) in [7, 11) is 1.18. The van der Waals surface area contributed by atoms with Crippen LogP contribution in [0.5, 0.6) is 0 Å². The Kier molecular flexibility index (Phi) is 3.05. The van der Waals surface area contributed by atoms with Crippen LogP contribution in [-0.2, 0) is 0 Å². The van der Waals surface area contributed by atoms with Crippen LogP contribution in [0.1, 0.15) is 6.92 Å². The van der Waals surface area contributed by atoms with Crippen LogP contribution in [0.15, 0.2) is 0 Å². The van der Waals surface area contributed by atoms with E-state index in [0.29, 0.717) is 6.92 Å². The van der Waals surface area contributed by atoms with Gasteiger partial charge in [-0.1, -0.05) is 0 Å². The van der Waals surface area contributed by atoms with Crippen molar-refractivity contribution < 1.29 is 30.7 Å². The Balaban J connectivity index is 3.39. The molecular formula is C7H8F7PS. The molecule has 9 heteroatoms. The van der Waals surface area contributed by atoms with Crippen LogP contribution in [0, 0.1) is 0 Å². The van der Waals surface area contributed by atoms with E-state index in [4.69, 9.17) is 0 Å². The highest BCUT2D eigenvalue weighted by atomic mass is 32.1. The molecule has 0 aromatic carbocycles. The van der Waals surface area contributed by atoms with Crippen molar-refractivity contribution in [2.24, 2.45) is 0 Å². The quantitative estimate of drug-likeness (QED) is 0.395. The summed E-state index contributed by atoms with van der Waals surface area (Å²) in [6, 6.07) is 0. The predicted octanol–water partition coefficient (Wildman–Crippen LogP) is 3.18. The summed E-state index contributed by atoms with van der Waals surface area (Å²) in [4.78, 5) is 0. The molecule has 1 aliphatic rings. The van der Waals surface area contributed by atoms with Crippen molar-refractivity contribution in [3.8, 4) is 0 Å². The Hall–Kier alpha value is 0.290. The number of alkyl halides is 7. The molecule has 0 N–H and O–H groups in total. The van der Waals surface area contributed by atoms with Crippen molar-refractivity contribution in [2.45, 2.75) is 41.3 Å². The summed E-state index contributed by atoms with van der Waals surface area (Å²) in [5.41, 5.74) is 0. The topological polar surface area (TPSA) is 0 Å². The minimum atomic E-state index is -5.21. The minimum Gasteiger partial charge on any atom is -0.239 e. The Bertz CT molecular complexity index is 245. The third kappa shape index (κ3) is 1.41. The van der Waals surface area contributed by atoms with Gasteiger partial charge in [0.1, 0.15) is 5.25 Å². The van der Waals surface area contributed by atoms with Crippen LogP contribution in [0.3, 0.4) is 0 Å². The van der Waals surface area contributed by atoms with E-state index >= 15 is 0 Å². The molecule has 1 aliphatic carbocycles. The van der Waals surface area contributed by atoms with Gasteiger partial charge in [-0.25, -0.2) is 13.2 Å². The van der Waals surface area contributed by atoms with E-state index in [-0.39, 0.29) is 0 Å². The molecule has 16 heavy (non-hydrogen) atoms. The van der Waals surface area contributed by atoms with Crippen molar-refractivity contribution in [3.05, 3.63) is 0 Å². The van der Waals surface area contributed by atoms with Gasteiger partial charge >= 0.3 is 11.8 Å². The maximum Gasteiger partial charge on any atom is 0.343 e. The van der Waals surface area contributed by atoms with Crippen molar-refractivity contribution in [1.29, 1.82) is 0 Å². The lowest BCUT2D eigenvalue weighted by Gasteiger charge is -2.50. The molecule has 0 aromatic rings. The first-order valence-corrected chi connectivity index (χ1v) is 5.15. The summed E-state index contributed by atoms with van der Waals surface area (Å²) < 4.78 is 91.5. The van der Waals surface area contributed by atoms with Crippen LogP contribution < -0.4 is 0 Å². The predicted molar refractivity (Wildman–Crippen MR) is 50.6 cm³/mol. The summed E-state index contributed by atoms with van der Waals surface area (Å²) in [5.74, 6) is -14.8. The van der Waals surface area contributed by atoms with Gasteiger partial charge in [0, 0.05) is 0 Å². The summed E-state index contributed by atoms with van der Waals surface area (Å²) >= 11 is 2.83. The van der Waals surface area contributed by atoms with Gasteiger partial charge in [0.15, 0.2) is 6.17 Å². The number of rotatable bonds is 0. The largest absolute Gasteiger partial charge is 0.343 e. The molecule has 1 rings (SSSR count). The summed E-state index contributed by atoms with van der Waals surface area (Å²) in [5, 5.41) is -6.24. The van der Waals surface area contributed by atoms with Gasteiger partial charge in [-0.3, -0.25) is 0 Å². The normalized spacial score (nSPS) is 45.4. The van der Waals surface area contributed by atoms with Gasteiger partial charge in [-0.2, -0.15) is 30.2 Å². The fourth-order valence-electron chi connectivity index (χ4n) is 1.42. The van der Waals surface area contributed by atoms with Crippen LogP contribution in [0.25, 0.3) is 0 Å². The summed E-state index contributed by atoms with van der Waals surface area (Å²) in [6.07, 6.45) is -3.68. The number of hydrogen-bond acceptors (Lipinski definition) is 1. The van der Waals surface area contributed by atoms with E-state index in [2.05, 4.69) is 12.6 Å². The lowest BCUT2D eigenvalue weighted by atomic mass is 9.78. The lowest BCUT2D eigenvalue weighted by molar-refractivity contribution is -0.302. The van der Waals surface area contributed by atoms with Crippen molar-refractivity contribution in [3.63, 3.8) is 0 Å². The Morgan fingerprint density at radius 2 is 1.31 bits per heavy atom. The molecule has 96 valence electrons. The first kappa shape index (κ1) is 14.4. The van der Waals surface area contributed by atoms with Crippen molar-refractivity contribution >= 4 is 21.9 Å². The molecule has 0 aliphatic heterocycles. The summed E-state index contributed by atoms with van der Waals surface area (Å²) in [6.45, 7) is 0.439. The van der Waals surface area contributed by atoms with Crippen molar-refractivity contribution in [2.75, 3.05) is 0 Å². The molecule has 0 nitrogen and oxygen atoms in total. The highest BCUT2D eigenvalue weighted by molar-refractivity contribution is 7.81. The molecule has 0 spiro atoms. The fourth-order valence-corrected chi connectivity index (χ4v) is 2.39.